The van der Waals surface area contributed by atoms with Gasteiger partial charge < -0.3 is 34.5 Å². The standard InChI is InChI=1S/C35H45N3O7/c1-35(2,3)45-34(41)37-31(19-9-10-20-36-33(40)44-25-26-13-7-6-8-14-26)32(39)38(23-27-15-11-17-29(21-27)42-4)24-28-16-12-18-30(22-28)43-5/h6-8,11-18,21-22,31H,9-10,19-20,23-25H2,1-5H3,(H,36,40)(H,37,41)/t31-/m1/s1. The van der Waals surface area contributed by atoms with Crippen LogP contribution in [-0.4, -0.2) is 55.4 Å². The van der Waals surface area contributed by atoms with Gasteiger partial charge in [-0.15, -0.1) is 0 Å². The molecule has 0 bridgehead atoms. The minimum atomic E-state index is -0.860. The number of hydrogen-bond acceptors (Lipinski definition) is 7. The molecule has 45 heavy (non-hydrogen) atoms. The lowest BCUT2D eigenvalue weighted by atomic mass is 10.1. The number of hydrogen-bond donors (Lipinski definition) is 2. The first-order valence-electron chi connectivity index (χ1n) is 15.0. The molecule has 0 unspecified atom stereocenters. The van der Waals surface area contributed by atoms with Crippen molar-refractivity contribution in [2.45, 2.75) is 71.4 Å². The maximum atomic E-state index is 14.2. The van der Waals surface area contributed by atoms with E-state index in [4.69, 9.17) is 18.9 Å². The Labute approximate surface area is 266 Å². The molecule has 0 spiro atoms. The summed E-state index contributed by atoms with van der Waals surface area (Å²) < 4.78 is 21.5. The number of unbranched alkanes of at least 4 members (excludes halogenated alkanes) is 1. The monoisotopic (exact) mass is 619 g/mol. The number of nitrogens with one attached hydrogen (secondary N) is 2. The second-order valence-corrected chi connectivity index (χ2v) is 11.6. The predicted molar refractivity (Wildman–Crippen MR) is 172 cm³/mol. The van der Waals surface area contributed by atoms with E-state index in [0.29, 0.717) is 37.3 Å². The Morgan fingerprint density at radius 3 is 1.89 bits per heavy atom. The first kappa shape index (κ1) is 34.8. The molecule has 0 fully saturated rings. The van der Waals surface area contributed by atoms with Crippen LogP contribution in [0.3, 0.4) is 0 Å². The van der Waals surface area contributed by atoms with Crippen molar-refractivity contribution in [1.29, 1.82) is 0 Å². The molecule has 2 N–H and O–H groups in total. The van der Waals surface area contributed by atoms with Crippen molar-refractivity contribution in [2.24, 2.45) is 0 Å². The average molecular weight is 620 g/mol. The molecular formula is C35H45N3O7. The SMILES string of the molecule is COc1cccc(CN(Cc2cccc(OC)c2)C(=O)[C@@H](CCCCNC(=O)OCc2ccccc2)NC(=O)OC(C)(C)C)c1. The highest BCUT2D eigenvalue weighted by Crippen LogP contribution is 2.20. The molecule has 10 heteroatoms. The van der Waals surface area contributed by atoms with Gasteiger partial charge >= 0.3 is 12.2 Å². The van der Waals surface area contributed by atoms with Crippen LogP contribution in [0.5, 0.6) is 11.5 Å². The van der Waals surface area contributed by atoms with Gasteiger partial charge in [0.15, 0.2) is 0 Å². The maximum absolute atomic E-state index is 14.2. The van der Waals surface area contributed by atoms with Crippen LogP contribution in [-0.2, 0) is 34.0 Å². The number of methoxy groups -OCH3 is 2. The number of amides is 3. The number of alkyl carbamates (subject to hydrolysis) is 2. The second kappa shape index (κ2) is 17.5. The van der Waals surface area contributed by atoms with Gasteiger partial charge in [0.05, 0.1) is 14.2 Å². The largest absolute Gasteiger partial charge is 0.497 e. The van der Waals surface area contributed by atoms with E-state index >= 15 is 0 Å². The molecule has 0 aliphatic heterocycles. The smallest absolute Gasteiger partial charge is 0.408 e. The molecule has 1 atom stereocenters. The summed E-state index contributed by atoms with van der Waals surface area (Å²) in [7, 11) is 3.19. The summed E-state index contributed by atoms with van der Waals surface area (Å²) in [6.45, 7) is 6.42. The van der Waals surface area contributed by atoms with Crippen molar-refractivity contribution >= 4 is 18.1 Å². The zero-order valence-electron chi connectivity index (χ0n) is 26.8. The Morgan fingerprint density at radius 1 is 0.756 bits per heavy atom. The predicted octanol–water partition coefficient (Wildman–Crippen LogP) is 6.22. The van der Waals surface area contributed by atoms with Crippen molar-refractivity contribution in [1.82, 2.24) is 15.5 Å². The maximum Gasteiger partial charge on any atom is 0.408 e. The van der Waals surface area contributed by atoms with Crippen LogP contribution in [0.25, 0.3) is 0 Å². The molecule has 0 heterocycles. The van der Waals surface area contributed by atoms with Gasteiger partial charge in [-0.3, -0.25) is 4.79 Å². The Hall–Kier alpha value is -4.73. The van der Waals surface area contributed by atoms with E-state index in [2.05, 4.69) is 10.6 Å². The summed E-state index contributed by atoms with van der Waals surface area (Å²) in [5.41, 5.74) is 1.91. The molecule has 0 aromatic heterocycles. The molecule has 3 rings (SSSR count). The molecule has 0 aliphatic carbocycles. The van der Waals surface area contributed by atoms with Gasteiger partial charge in [-0.2, -0.15) is 0 Å². The molecule has 242 valence electrons. The van der Waals surface area contributed by atoms with Gasteiger partial charge in [0.2, 0.25) is 5.91 Å². The number of carbonyl (C=O) groups excluding carboxylic acids is 3. The molecule has 3 amide bonds. The van der Waals surface area contributed by atoms with E-state index in [1.165, 1.54) is 0 Å². The van der Waals surface area contributed by atoms with Crippen molar-refractivity contribution in [2.75, 3.05) is 20.8 Å². The highest BCUT2D eigenvalue weighted by molar-refractivity contribution is 5.85. The fourth-order valence-electron chi connectivity index (χ4n) is 4.56. The molecule has 0 saturated carbocycles. The number of rotatable bonds is 15. The summed E-state index contributed by atoms with van der Waals surface area (Å²) in [5, 5.41) is 5.54. The Kier molecular flexibility index (Phi) is 13.5. The molecule has 3 aromatic carbocycles. The number of nitrogens with zero attached hydrogens (tertiary/aromatic N) is 1. The summed E-state index contributed by atoms with van der Waals surface area (Å²) in [6.07, 6.45) is 0.279. The summed E-state index contributed by atoms with van der Waals surface area (Å²) in [4.78, 5) is 40.8. The fourth-order valence-corrected chi connectivity index (χ4v) is 4.56. The van der Waals surface area contributed by atoms with Gasteiger partial charge in [0.1, 0.15) is 29.7 Å². The molecule has 0 aliphatic rings. The normalized spacial score (nSPS) is 11.6. The third kappa shape index (κ3) is 12.8. The third-order valence-corrected chi connectivity index (χ3v) is 6.72. The Bertz CT molecular complexity index is 1330. The number of carbonyl (C=O) groups is 3. The van der Waals surface area contributed by atoms with E-state index in [1.807, 2.05) is 78.9 Å². The van der Waals surface area contributed by atoms with Gasteiger partial charge in [-0.1, -0.05) is 54.6 Å². The zero-order valence-corrected chi connectivity index (χ0v) is 26.8. The van der Waals surface area contributed by atoms with Crippen LogP contribution in [0.1, 0.15) is 56.7 Å². The summed E-state index contributed by atoms with van der Waals surface area (Å²) >= 11 is 0. The minimum absolute atomic E-state index is 0.180. The molecule has 3 aromatic rings. The van der Waals surface area contributed by atoms with Crippen molar-refractivity contribution < 1.29 is 33.3 Å². The van der Waals surface area contributed by atoms with Crippen molar-refractivity contribution in [3.05, 3.63) is 95.6 Å². The van der Waals surface area contributed by atoms with Gasteiger partial charge in [-0.25, -0.2) is 9.59 Å². The van der Waals surface area contributed by atoms with Crippen LogP contribution >= 0.6 is 0 Å². The van der Waals surface area contributed by atoms with E-state index in [-0.39, 0.29) is 25.6 Å². The van der Waals surface area contributed by atoms with Crippen molar-refractivity contribution in [3.8, 4) is 11.5 Å². The van der Waals surface area contributed by atoms with Gasteiger partial charge in [-0.05, 0) is 81.0 Å². The summed E-state index contributed by atoms with van der Waals surface area (Å²) in [5.74, 6) is 1.10. The lowest BCUT2D eigenvalue weighted by Gasteiger charge is -2.29. The molecular weight excluding hydrogens is 574 g/mol. The van der Waals surface area contributed by atoms with Crippen LogP contribution < -0.4 is 20.1 Å². The van der Waals surface area contributed by atoms with Crippen LogP contribution in [0.4, 0.5) is 9.59 Å². The molecule has 0 radical (unpaired) electrons. The number of benzene rings is 3. The first-order valence-corrected chi connectivity index (χ1v) is 15.0. The first-order chi connectivity index (χ1) is 21.6. The molecule has 10 nitrogen and oxygen atoms in total. The van der Waals surface area contributed by atoms with Gasteiger partial charge in [0.25, 0.3) is 0 Å². The topological polar surface area (TPSA) is 115 Å². The Morgan fingerprint density at radius 2 is 1.33 bits per heavy atom. The van der Waals surface area contributed by atoms with Crippen LogP contribution in [0, 0.1) is 0 Å². The highest BCUT2D eigenvalue weighted by Gasteiger charge is 2.28. The average Bonchev–Trinajstić information content (AvgIpc) is 3.02. The summed E-state index contributed by atoms with van der Waals surface area (Å²) in [6, 6.07) is 23.6. The van der Waals surface area contributed by atoms with E-state index in [0.717, 1.165) is 16.7 Å². The van der Waals surface area contributed by atoms with E-state index < -0.39 is 23.8 Å². The second-order valence-electron chi connectivity index (χ2n) is 11.6. The number of ether oxygens (including phenoxy) is 4. The highest BCUT2D eigenvalue weighted by atomic mass is 16.6. The zero-order chi connectivity index (χ0) is 32.7. The van der Waals surface area contributed by atoms with Crippen molar-refractivity contribution in [3.63, 3.8) is 0 Å². The van der Waals surface area contributed by atoms with E-state index in [1.54, 1.807) is 39.9 Å². The van der Waals surface area contributed by atoms with Crippen LogP contribution in [0.2, 0.25) is 0 Å². The minimum Gasteiger partial charge on any atom is -0.497 e. The van der Waals surface area contributed by atoms with Gasteiger partial charge in [0, 0.05) is 19.6 Å². The van der Waals surface area contributed by atoms with E-state index in [9.17, 15) is 14.4 Å². The quantitative estimate of drug-likeness (QED) is 0.194. The lowest BCUT2D eigenvalue weighted by Crippen LogP contribution is -2.49. The third-order valence-electron chi connectivity index (χ3n) is 6.72. The Balaban J connectivity index is 1.70. The van der Waals surface area contributed by atoms with Crippen LogP contribution in [0.15, 0.2) is 78.9 Å². The fraction of sp³-hybridized carbons (Fsp3) is 0.400. The lowest BCUT2D eigenvalue weighted by molar-refractivity contribution is -0.135. The molecule has 0 saturated heterocycles.